The highest BCUT2D eigenvalue weighted by atomic mass is 16.4. The van der Waals surface area contributed by atoms with Gasteiger partial charge in [0.2, 0.25) is 0 Å². The third kappa shape index (κ3) is 1.93. The monoisotopic (exact) mass is 114 g/mol. The van der Waals surface area contributed by atoms with Gasteiger partial charge in [-0.2, -0.15) is 0 Å². The average Bonchev–Trinajstić information content (AvgIpc) is 2.41. The van der Waals surface area contributed by atoms with E-state index in [1.165, 1.54) is 0 Å². The van der Waals surface area contributed by atoms with E-state index in [2.05, 4.69) is 4.90 Å². The molecule has 0 N–H and O–H groups in total. The molecule has 0 aliphatic carbocycles. The van der Waals surface area contributed by atoms with Crippen LogP contribution in [0, 0.1) is 0 Å². The first-order valence-corrected chi connectivity index (χ1v) is 2.71. The van der Waals surface area contributed by atoms with Gasteiger partial charge in [0.05, 0.1) is 0 Å². The molecule has 1 fully saturated rings. The molecule has 3 heteroatoms. The zero-order valence-corrected chi connectivity index (χ0v) is 4.59. The van der Waals surface area contributed by atoms with Crippen molar-refractivity contribution in [2.45, 2.75) is 6.42 Å². The van der Waals surface area contributed by atoms with Crippen LogP contribution < -0.4 is 5.11 Å². The largest absolute Gasteiger partial charge is 0.550 e. The predicted octanol–water partition coefficient (Wildman–Crippen LogP) is -1.56. The lowest BCUT2D eigenvalue weighted by atomic mass is 10.4. The second-order valence-corrected chi connectivity index (χ2v) is 1.96. The summed E-state index contributed by atoms with van der Waals surface area (Å²) in [4.78, 5) is 11.8. The Morgan fingerprint density at radius 1 is 1.62 bits per heavy atom. The van der Waals surface area contributed by atoms with Crippen LogP contribution in [0.2, 0.25) is 0 Å². The minimum absolute atomic E-state index is 0.181. The van der Waals surface area contributed by atoms with Gasteiger partial charge in [0.15, 0.2) is 0 Å². The molecule has 1 saturated heterocycles. The molecule has 8 heavy (non-hydrogen) atoms. The highest BCUT2D eigenvalue weighted by Gasteiger charge is 2.15. The molecule has 0 aromatic rings. The molecule has 3 nitrogen and oxygen atoms in total. The molecule has 0 saturated carbocycles. The first-order chi connectivity index (χ1) is 3.79. The molecule has 0 atom stereocenters. The topological polar surface area (TPSA) is 43.1 Å². The van der Waals surface area contributed by atoms with Crippen LogP contribution in [0.25, 0.3) is 0 Å². The highest BCUT2D eigenvalue weighted by Crippen LogP contribution is 2.02. The Kier molecular flexibility index (Phi) is 1.48. The fourth-order valence-corrected chi connectivity index (χ4v) is 0.544. The average molecular weight is 114 g/mol. The Labute approximate surface area is 47.9 Å². The second kappa shape index (κ2) is 2.13. The SMILES string of the molecule is O=C([O-])CCN1CC1. The summed E-state index contributed by atoms with van der Waals surface area (Å²) >= 11 is 0. The Morgan fingerprint density at radius 2 is 2.25 bits per heavy atom. The Bertz CT molecular complexity index is 98.6. The summed E-state index contributed by atoms with van der Waals surface area (Å²) in [6, 6.07) is 0. The van der Waals surface area contributed by atoms with Crippen molar-refractivity contribution < 1.29 is 9.90 Å². The van der Waals surface area contributed by atoms with Crippen molar-refractivity contribution in [1.82, 2.24) is 4.90 Å². The summed E-state index contributed by atoms with van der Waals surface area (Å²) in [5.41, 5.74) is 0. The van der Waals surface area contributed by atoms with E-state index >= 15 is 0 Å². The third-order valence-corrected chi connectivity index (χ3v) is 1.17. The molecule has 1 heterocycles. The molecule has 0 amide bonds. The number of carboxylic acids is 1. The van der Waals surface area contributed by atoms with Crippen LogP contribution >= 0.6 is 0 Å². The van der Waals surface area contributed by atoms with Crippen LogP contribution in [0.4, 0.5) is 0 Å². The van der Waals surface area contributed by atoms with E-state index in [-0.39, 0.29) is 6.42 Å². The summed E-state index contributed by atoms with van der Waals surface area (Å²) in [5.74, 6) is -0.947. The van der Waals surface area contributed by atoms with E-state index in [4.69, 9.17) is 0 Å². The predicted molar refractivity (Wildman–Crippen MR) is 26.1 cm³/mol. The summed E-state index contributed by atoms with van der Waals surface area (Å²) in [5, 5.41) is 9.79. The highest BCUT2D eigenvalue weighted by molar-refractivity contribution is 5.64. The lowest BCUT2D eigenvalue weighted by molar-refractivity contribution is -0.305. The van der Waals surface area contributed by atoms with Crippen molar-refractivity contribution in [2.24, 2.45) is 0 Å². The molecular formula is C5H8NO2-. The number of carboxylic acid groups (broad SMARTS) is 1. The lowest BCUT2D eigenvalue weighted by Crippen LogP contribution is -2.24. The first kappa shape index (κ1) is 5.56. The number of nitrogens with zero attached hydrogens (tertiary/aromatic N) is 1. The Morgan fingerprint density at radius 3 is 2.62 bits per heavy atom. The van der Waals surface area contributed by atoms with E-state index < -0.39 is 5.97 Å². The molecule has 0 aromatic heterocycles. The summed E-state index contributed by atoms with van der Waals surface area (Å²) in [7, 11) is 0. The lowest BCUT2D eigenvalue weighted by Gasteiger charge is -1.99. The molecule has 1 aliphatic heterocycles. The van der Waals surface area contributed by atoms with Crippen LogP contribution in [-0.4, -0.2) is 30.5 Å². The first-order valence-electron chi connectivity index (χ1n) is 2.71. The van der Waals surface area contributed by atoms with Crippen molar-refractivity contribution in [3.05, 3.63) is 0 Å². The van der Waals surface area contributed by atoms with Crippen LogP contribution in [0.3, 0.4) is 0 Å². The van der Waals surface area contributed by atoms with Crippen molar-refractivity contribution in [2.75, 3.05) is 19.6 Å². The van der Waals surface area contributed by atoms with E-state index in [0.717, 1.165) is 13.1 Å². The number of aliphatic carboxylic acids is 1. The molecule has 1 rings (SSSR count). The maximum atomic E-state index is 9.79. The van der Waals surface area contributed by atoms with Gasteiger partial charge in [-0.1, -0.05) is 0 Å². The van der Waals surface area contributed by atoms with Gasteiger partial charge < -0.3 is 14.8 Å². The van der Waals surface area contributed by atoms with Gasteiger partial charge in [0.25, 0.3) is 0 Å². The number of rotatable bonds is 3. The third-order valence-electron chi connectivity index (χ3n) is 1.17. The van der Waals surface area contributed by atoms with E-state index in [1.807, 2.05) is 0 Å². The fraction of sp³-hybridized carbons (Fsp3) is 0.800. The van der Waals surface area contributed by atoms with Crippen LogP contribution in [0.5, 0.6) is 0 Å². The normalized spacial score (nSPS) is 18.5. The molecule has 1 aliphatic rings. The molecule has 46 valence electrons. The number of hydrogen-bond donors (Lipinski definition) is 0. The van der Waals surface area contributed by atoms with Gasteiger partial charge in [-0.25, -0.2) is 0 Å². The van der Waals surface area contributed by atoms with E-state index in [1.54, 1.807) is 0 Å². The summed E-state index contributed by atoms with van der Waals surface area (Å²) in [6.45, 7) is 2.79. The number of hydrogen-bond acceptors (Lipinski definition) is 3. The molecular weight excluding hydrogens is 106 g/mol. The van der Waals surface area contributed by atoms with E-state index in [9.17, 15) is 9.90 Å². The van der Waals surface area contributed by atoms with Crippen LogP contribution in [0.15, 0.2) is 0 Å². The maximum absolute atomic E-state index is 9.79. The fourth-order valence-electron chi connectivity index (χ4n) is 0.544. The van der Waals surface area contributed by atoms with Gasteiger partial charge >= 0.3 is 0 Å². The van der Waals surface area contributed by atoms with Gasteiger partial charge in [0, 0.05) is 25.6 Å². The molecule has 0 radical (unpaired) electrons. The number of carbonyl (C=O) groups is 1. The second-order valence-electron chi connectivity index (χ2n) is 1.96. The van der Waals surface area contributed by atoms with Crippen LogP contribution in [-0.2, 0) is 4.79 Å². The molecule has 0 unspecified atom stereocenters. The Hall–Kier alpha value is -0.570. The molecule has 0 spiro atoms. The van der Waals surface area contributed by atoms with Crippen molar-refractivity contribution in [3.8, 4) is 0 Å². The van der Waals surface area contributed by atoms with Crippen molar-refractivity contribution >= 4 is 5.97 Å². The number of carbonyl (C=O) groups excluding carboxylic acids is 1. The van der Waals surface area contributed by atoms with Gasteiger partial charge in [-0.3, -0.25) is 0 Å². The van der Waals surface area contributed by atoms with Crippen molar-refractivity contribution in [3.63, 3.8) is 0 Å². The van der Waals surface area contributed by atoms with Gasteiger partial charge in [0.1, 0.15) is 0 Å². The minimum atomic E-state index is -0.947. The standard InChI is InChI=1S/C5H9NO2/c7-5(8)1-2-6-3-4-6/h1-4H2,(H,7,8)/p-1. The van der Waals surface area contributed by atoms with Crippen molar-refractivity contribution in [1.29, 1.82) is 0 Å². The smallest absolute Gasteiger partial charge is 0.0427 e. The quantitative estimate of drug-likeness (QED) is 0.417. The zero-order chi connectivity index (χ0) is 5.98. The maximum Gasteiger partial charge on any atom is 0.0427 e. The van der Waals surface area contributed by atoms with Crippen LogP contribution in [0.1, 0.15) is 6.42 Å². The zero-order valence-electron chi connectivity index (χ0n) is 4.59. The van der Waals surface area contributed by atoms with Gasteiger partial charge in [-0.05, 0) is 6.42 Å². The Balaban J connectivity index is 1.95. The van der Waals surface area contributed by atoms with Gasteiger partial charge in [-0.15, -0.1) is 0 Å². The van der Waals surface area contributed by atoms with E-state index in [0.29, 0.717) is 6.54 Å². The summed E-state index contributed by atoms with van der Waals surface area (Å²) in [6.07, 6.45) is 0.181. The molecule has 0 bridgehead atoms. The molecule has 0 aromatic carbocycles. The summed E-state index contributed by atoms with van der Waals surface area (Å²) < 4.78 is 0. The minimum Gasteiger partial charge on any atom is -0.550 e.